The van der Waals surface area contributed by atoms with Crippen LogP contribution in [0, 0.1) is 0 Å². The molecule has 0 rings (SSSR count). The van der Waals surface area contributed by atoms with E-state index in [1.165, 1.54) is 212 Å². The van der Waals surface area contributed by atoms with Gasteiger partial charge in [0, 0.05) is 12.8 Å². The Morgan fingerprint density at radius 1 is 0.395 bits per heavy atom. The molecule has 0 heterocycles. The van der Waals surface area contributed by atoms with E-state index < -0.39 is 32.5 Å². The first kappa shape index (κ1) is 78.5. The van der Waals surface area contributed by atoms with Crippen LogP contribution >= 0.6 is 7.82 Å². The highest BCUT2D eigenvalue weighted by atomic mass is 31.2. The minimum atomic E-state index is -4.65. The Kier molecular flexibility index (Phi) is 60.0. The van der Waals surface area contributed by atoms with Crippen LogP contribution in [0.15, 0.2) is 72.9 Å². The summed E-state index contributed by atoms with van der Waals surface area (Å²) in [5, 5.41) is 0. The third-order valence-corrected chi connectivity index (χ3v) is 16.0. The van der Waals surface area contributed by atoms with E-state index in [2.05, 4.69) is 86.8 Å². The summed E-state index contributed by atoms with van der Waals surface area (Å²) >= 11 is 0. The van der Waals surface area contributed by atoms with Crippen molar-refractivity contribution in [3.8, 4) is 0 Å². The maximum Gasteiger partial charge on any atom is 0.306 e. The Labute approximate surface area is 501 Å². The highest BCUT2D eigenvalue weighted by molar-refractivity contribution is 7.45. The van der Waals surface area contributed by atoms with Crippen molar-refractivity contribution in [2.24, 2.45) is 0 Å². The minimum Gasteiger partial charge on any atom is -0.756 e. The fourth-order valence-corrected chi connectivity index (χ4v) is 10.5. The Bertz CT molecular complexity index is 1600. The van der Waals surface area contributed by atoms with Crippen molar-refractivity contribution in [1.82, 2.24) is 0 Å². The van der Waals surface area contributed by atoms with Gasteiger partial charge in [-0.1, -0.05) is 311 Å². The number of hydrogen-bond donors (Lipinski definition) is 0. The van der Waals surface area contributed by atoms with Crippen LogP contribution in [0.4, 0.5) is 0 Å². The van der Waals surface area contributed by atoms with Gasteiger partial charge in [-0.3, -0.25) is 14.2 Å². The molecular formula is C71H130NO8P. The van der Waals surface area contributed by atoms with Gasteiger partial charge in [0.25, 0.3) is 7.82 Å². The second-order valence-corrected chi connectivity index (χ2v) is 25.6. The van der Waals surface area contributed by atoms with Crippen LogP contribution in [0.5, 0.6) is 0 Å². The van der Waals surface area contributed by atoms with E-state index >= 15 is 0 Å². The Morgan fingerprint density at radius 2 is 0.704 bits per heavy atom. The summed E-state index contributed by atoms with van der Waals surface area (Å²) in [6.07, 6.45) is 83.0. The molecule has 472 valence electrons. The second-order valence-electron chi connectivity index (χ2n) is 24.2. The predicted octanol–water partition coefficient (Wildman–Crippen LogP) is 21.4. The van der Waals surface area contributed by atoms with Crippen LogP contribution in [0.3, 0.4) is 0 Å². The fraction of sp³-hybridized carbons (Fsp3) is 0.803. The zero-order valence-electron chi connectivity index (χ0n) is 53.7. The topological polar surface area (TPSA) is 111 Å². The normalized spacial score (nSPS) is 13.6. The molecule has 9 nitrogen and oxygen atoms in total. The molecule has 0 saturated heterocycles. The molecule has 0 aliphatic rings. The number of phosphoric ester groups is 1. The van der Waals surface area contributed by atoms with Crippen LogP contribution in [-0.2, 0) is 32.7 Å². The quantitative estimate of drug-likeness (QED) is 0.0195. The first-order valence-corrected chi connectivity index (χ1v) is 35.6. The van der Waals surface area contributed by atoms with Gasteiger partial charge in [0.15, 0.2) is 6.10 Å². The number of phosphoric acid groups is 1. The lowest BCUT2D eigenvalue weighted by Gasteiger charge is -2.28. The Hall–Kier alpha value is -2.55. The van der Waals surface area contributed by atoms with Gasteiger partial charge >= 0.3 is 11.9 Å². The van der Waals surface area contributed by atoms with E-state index in [1.807, 2.05) is 21.1 Å². The van der Waals surface area contributed by atoms with Gasteiger partial charge in [-0.25, -0.2) is 0 Å². The molecule has 81 heavy (non-hydrogen) atoms. The zero-order chi connectivity index (χ0) is 59.1. The summed E-state index contributed by atoms with van der Waals surface area (Å²) in [5.74, 6) is -0.876. The monoisotopic (exact) mass is 1160 g/mol. The molecule has 0 saturated carbocycles. The lowest BCUT2D eigenvalue weighted by Crippen LogP contribution is -2.37. The summed E-state index contributed by atoms with van der Waals surface area (Å²) < 4.78 is 34.2. The number of nitrogens with zero attached hydrogens (tertiary/aromatic N) is 1. The number of esters is 2. The summed E-state index contributed by atoms with van der Waals surface area (Å²) in [6.45, 7) is 4.11. The first-order chi connectivity index (χ1) is 39.5. The van der Waals surface area contributed by atoms with Gasteiger partial charge in [0.1, 0.15) is 19.8 Å². The lowest BCUT2D eigenvalue weighted by molar-refractivity contribution is -0.870. The highest BCUT2D eigenvalue weighted by Crippen LogP contribution is 2.38. The summed E-state index contributed by atoms with van der Waals surface area (Å²) in [4.78, 5) is 38.0. The first-order valence-electron chi connectivity index (χ1n) is 34.1. The predicted molar refractivity (Wildman–Crippen MR) is 346 cm³/mol. The van der Waals surface area contributed by atoms with Gasteiger partial charge in [-0.2, -0.15) is 0 Å². The van der Waals surface area contributed by atoms with Crippen molar-refractivity contribution < 1.29 is 42.1 Å². The van der Waals surface area contributed by atoms with Crippen molar-refractivity contribution in [1.29, 1.82) is 0 Å². The van der Waals surface area contributed by atoms with Crippen molar-refractivity contribution >= 4 is 19.8 Å². The summed E-state index contributed by atoms with van der Waals surface area (Å²) in [6, 6.07) is 0. The number of rotatable bonds is 63. The molecule has 0 aliphatic heterocycles. The molecule has 0 fully saturated rings. The summed E-state index contributed by atoms with van der Waals surface area (Å²) in [5.41, 5.74) is 0. The Morgan fingerprint density at radius 3 is 1.05 bits per heavy atom. The molecule has 0 aromatic rings. The zero-order valence-corrected chi connectivity index (χ0v) is 54.6. The van der Waals surface area contributed by atoms with E-state index in [0.717, 1.165) is 70.6 Å². The van der Waals surface area contributed by atoms with Gasteiger partial charge in [-0.05, 0) is 64.2 Å². The van der Waals surface area contributed by atoms with Crippen LogP contribution in [0.1, 0.15) is 316 Å². The maximum absolute atomic E-state index is 12.8. The molecule has 0 bridgehead atoms. The molecule has 0 aromatic heterocycles. The molecule has 0 aromatic carbocycles. The molecular weight excluding hydrogens is 1030 g/mol. The minimum absolute atomic E-state index is 0.0414. The van der Waals surface area contributed by atoms with Crippen LogP contribution < -0.4 is 4.89 Å². The standard InChI is InChI=1S/C71H130NO8P/c1-6-8-10-12-14-16-18-20-22-24-26-28-29-30-31-32-33-34-35-36-37-38-39-40-41-42-44-45-47-49-51-53-55-57-59-61-63-70(73)77-67-69(68-79-81(75,76)78-66-65-72(3,4)5)80-71(74)64-62-60-58-56-54-52-50-48-46-43-27-25-23-21-19-17-15-13-11-9-7-2/h9,11,15,17,21,23,27,43,48,50,54,56,69H,6-8,10,12-14,16,18-20,22,24-26,28-42,44-47,49,51-53,55,57-68H2,1-5H3/b11-9-,17-15-,23-21-,43-27-,50-48-,56-54-. The van der Waals surface area contributed by atoms with E-state index in [9.17, 15) is 19.0 Å². The SMILES string of the molecule is CC/C=C\C/C=C\C/C=C\C/C=C\C/C=C\C/C=C\CCCCC(=O)OC(COC(=O)CCCCCCCCCCCCCCCCCCCCCCCCCCCCCCCCCCCCCC)COP(=O)([O-])OCC[N+](C)(C)C. The number of unbranched alkanes of at least 4 members (excludes halogenated alkanes) is 37. The van der Waals surface area contributed by atoms with Crippen LogP contribution in [0.25, 0.3) is 0 Å². The molecule has 0 spiro atoms. The van der Waals surface area contributed by atoms with Gasteiger partial charge in [0.2, 0.25) is 0 Å². The average molecular weight is 1160 g/mol. The third-order valence-electron chi connectivity index (χ3n) is 15.0. The van der Waals surface area contributed by atoms with Crippen molar-refractivity contribution in [3.63, 3.8) is 0 Å². The molecule has 0 amide bonds. The van der Waals surface area contributed by atoms with E-state index in [-0.39, 0.29) is 26.1 Å². The number of quaternary nitrogens is 1. The highest BCUT2D eigenvalue weighted by Gasteiger charge is 2.22. The van der Waals surface area contributed by atoms with E-state index in [1.54, 1.807) is 0 Å². The third kappa shape index (κ3) is 66.5. The van der Waals surface area contributed by atoms with Crippen molar-refractivity contribution in [3.05, 3.63) is 72.9 Å². The summed E-state index contributed by atoms with van der Waals surface area (Å²) in [7, 11) is 1.14. The fourth-order valence-electron chi connectivity index (χ4n) is 9.78. The number of carbonyl (C=O) groups is 2. The number of carbonyl (C=O) groups excluding carboxylic acids is 2. The lowest BCUT2D eigenvalue weighted by atomic mass is 10.0. The number of hydrogen-bond acceptors (Lipinski definition) is 8. The van der Waals surface area contributed by atoms with Gasteiger partial charge in [0.05, 0.1) is 27.7 Å². The average Bonchev–Trinajstić information content (AvgIpc) is 3.43. The number of ether oxygens (including phenoxy) is 2. The van der Waals surface area contributed by atoms with Crippen LogP contribution in [0.2, 0.25) is 0 Å². The van der Waals surface area contributed by atoms with Crippen molar-refractivity contribution in [2.45, 2.75) is 322 Å². The van der Waals surface area contributed by atoms with Crippen molar-refractivity contribution in [2.75, 3.05) is 47.5 Å². The molecule has 10 heteroatoms. The van der Waals surface area contributed by atoms with Gasteiger partial charge in [-0.15, -0.1) is 0 Å². The van der Waals surface area contributed by atoms with Crippen LogP contribution in [-0.4, -0.2) is 70.0 Å². The Balaban J connectivity index is 4.00. The largest absolute Gasteiger partial charge is 0.756 e. The molecule has 0 radical (unpaired) electrons. The molecule has 2 unspecified atom stereocenters. The number of allylic oxidation sites excluding steroid dienone is 12. The molecule has 0 aliphatic carbocycles. The number of likely N-dealkylation sites (N-methyl/N-ethyl adjacent to an activating group) is 1. The second kappa shape index (κ2) is 62.0. The maximum atomic E-state index is 12.8. The van der Waals surface area contributed by atoms with E-state index in [0.29, 0.717) is 17.4 Å². The molecule has 2 atom stereocenters. The van der Waals surface area contributed by atoms with Gasteiger partial charge < -0.3 is 27.9 Å². The van der Waals surface area contributed by atoms with E-state index in [4.69, 9.17) is 18.5 Å². The smallest absolute Gasteiger partial charge is 0.306 e. The molecule has 0 N–H and O–H groups in total.